The van der Waals surface area contributed by atoms with Crippen molar-refractivity contribution >= 4 is 21.7 Å². The number of rotatable bonds is 18. The van der Waals surface area contributed by atoms with E-state index in [1.165, 1.54) is 6.07 Å². The summed E-state index contributed by atoms with van der Waals surface area (Å²) in [6, 6.07) is 4.78. The van der Waals surface area contributed by atoms with Crippen molar-refractivity contribution in [3.63, 3.8) is 0 Å². The van der Waals surface area contributed by atoms with E-state index in [1.807, 2.05) is 9.62 Å². The number of ether oxygens (including phenoxy) is 4. The number of aliphatic hydroxyl groups is 2. The SMILES string of the molecule is CC(C)Oc1cc(N(CCO)CCOCCOCCOCCO)ccc1NS(=O)(=O)O. The second-order valence-electron chi connectivity index (χ2n) is 6.70. The summed E-state index contributed by atoms with van der Waals surface area (Å²) in [7, 11) is -4.45. The van der Waals surface area contributed by atoms with E-state index in [0.717, 1.165) is 0 Å². The molecule has 0 heterocycles. The van der Waals surface area contributed by atoms with Crippen LogP contribution in [-0.2, 0) is 24.5 Å². The Bertz CT molecular complexity index is 716. The van der Waals surface area contributed by atoms with Gasteiger partial charge in [-0.1, -0.05) is 0 Å². The molecule has 0 aliphatic heterocycles. The third-order valence-electron chi connectivity index (χ3n) is 3.79. The molecule has 1 aromatic rings. The number of anilines is 2. The van der Waals surface area contributed by atoms with Gasteiger partial charge in [0.05, 0.1) is 64.6 Å². The Morgan fingerprint density at radius 2 is 1.55 bits per heavy atom. The lowest BCUT2D eigenvalue weighted by atomic mass is 10.2. The van der Waals surface area contributed by atoms with E-state index in [9.17, 15) is 13.5 Å². The van der Waals surface area contributed by atoms with Gasteiger partial charge in [0.1, 0.15) is 5.75 Å². The van der Waals surface area contributed by atoms with Gasteiger partial charge in [-0.2, -0.15) is 8.42 Å². The van der Waals surface area contributed by atoms with Crippen LogP contribution in [0.25, 0.3) is 0 Å². The van der Waals surface area contributed by atoms with Gasteiger partial charge in [0.2, 0.25) is 0 Å². The first-order valence-corrected chi connectivity index (χ1v) is 11.5. The van der Waals surface area contributed by atoms with Gasteiger partial charge in [0.25, 0.3) is 0 Å². The summed E-state index contributed by atoms with van der Waals surface area (Å²) in [6.45, 7) is 6.62. The summed E-state index contributed by atoms with van der Waals surface area (Å²) in [5.41, 5.74) is 0.812. The van der Waals surface area contributed by atoms with Gasteiger partial charge in [-0.25, -0.2) is 0 Å². The van der Waals surface area contributed by atoms with Gasteiger partial charge < -0.3 is 34.1 Å². The lowest BCUT2D eigenvalue weighted by Crippen LogP contribution is -2.30. The Labute approximate surface area is 183 Å². The number of aliphatic hydroxyl groups excluding tert-OH is 2. The summed E-state index contributed by atoms with van der Waals surface area (Å²) < 4.78 is 55.1. The van der Waals surface area contributed by atoms with E-state index in [2.05, 4.69) is 0 Å². The molecule has 180 valence electrons. The van der Waals surface area contributed by atoms with E-state index in [0.29, 0.717) is 51.8 Å². The Morgan fingerprint density at radius 1 is 0.935 bits per heavy atom. The van der Waals surface area contributed by atoms with Crippen LogP contribution >= 0.6 is 0 Å². The van der Waals surface area contributed by atoms with Gasteiger partial charge >= 0.3 is 10.3 Å². The fraction of sp³-hybridized carbons (Fsp3) is 0.684. The van der Waals surface area contributed by atoms with E-state index < -0.39 is 10.3 Å². The molecule has 12 heteroatoms. The van der Waals surface area contributed by atoms with E-state index in [4.69, 9.17) is 28.6 Å². The predicted octanol–water partition coefficient (Wildman–Crippen LogP) is 0.529. The molecule has 0 bridgehead atoms. The number of benzene rings is 1. The highest BCUT2D eigenvalue weighted by atomic mass is 32.2. The zero-order chi connectivity index (χ0) is 23.1. The molecule has 0 unspecified atom stereocenters. The maximum Gasteiger partial charge on any atom is 0.357 e. The standard InChI is InChI=1S/C19H34N2O9S/c1-16(2)30-19-15-17(3-4-18(19)20-31(24,25)26)21(5-7-22)6-9-27-11-13-29-14-12-28-10-8-23/h3-4,15-16,20,22-23H,5-14H2,1-2H3,(H,24,25,26). The lowest BCUT2D eigenvalue weighted by Gasteiger charge is -2.25. The Hall–Kier alpha value is -1.67. The van der Waals surface area contributed by atoms with Crippen LogP contribution in [0.3, 0.4) is 0 Å². The normalized spacial score (nSPS) is 11.7. The van der Waals surface area contributed by atoms with Crippen LogP contribution in [0, 0.1) is 0 Å². The van der Waals surface area contributed by atoms with Crippen molar-refractivity contribution in [1.82, 2.24) is 0 Å². The van der Waals surface area contributed by atoms with Gasteiger partial charge in [0.15, 0.2) is 0 Å². The smallest absolute Gasteiger partial charge is 0.357 e. The second-order valence-corrected chi connectivity index (χ2v) is 7.85. The predicted molar refractivity (Wildman–Crippen MR) is 116 cm³/mol. The van der Waals surface area contributed by atoms with Crippen LogP contribution < -0.4 is 14.4 Å². The highest BCUT2D eigenvalue weighted by Gasteiger charge is 2.15. The van der Waals surface area contributed by atoms with Crippen LogP contribution in [0.2, 0.25) is 0 Å². The van der Waals surface area contributed by atoms with Crippen molar-refractivity contribution in [2.24, 2.45) is 0 Å². The fourth-order valence-corrected chi connectivity index (χ4v) is 3.00. The molecule has 0 amide bonds. The average Bonchev–Trinajstić information content (AvgIpc) is 2.68. The van der Waals surface area contributed by atoms with Crippen molar-refractivity contribution in [2.45, 2.75) is 20.0 Å². The average molecular weight is 467 g/mol. The summed E-state index contributed by atoms with van der Waals surface area (Å²) in [5.74, 6) is 0.255. The Balaban J connectivity index is 2.60. The summed E-state index contributed by atoms with van der Waals surface area (Å²) in [6.07, 6.45) is -0.221. The lowest BCUT2D eigenvalue weighted by molar-refractivity contribution is 0.00869. The summed E-state index contributed by atoms with van der Waals surface area (Å²) in [4.78, 5) is 1.87. The van der Waals surface area contributed by atoms with E-state index in [1.54, 1.807) is 26.0 Å². The molecule has 11 nitrogen and oxygen atoms in total. The van der Waals surface area contributed by atoms with Crippen molar-refractivity contribution < 1.29 is 42.1 Å². The first-order valence-electron chi connectivity index (χ1n) is 10.0. The molecule has 0 aliphatic carbocycles. The third kappa shape index (κ3) is 12.7. The van der Waals surface area contributed by atoms with Crippen LogP contribution in [0.5, 0.6) is 5.75 Å². The maximum atomic E-state index is 11.2. The van der Waals surface area contributed by atoms with Crippen molar-refractivity contribution in [1.29, 1.82) is 0 Å². The van der Waals surface area contributed by atoms with Gasteiger partial charge in [0, 0.05) is 24.8 Å². The molecule has 0 aromatic heterocycles. The molecule has 4 N–H and O–H groups in total. The zero-order valence-corrected chi connectivity index (χ0v) is 18.8. The quantitative estimate of drug-likeness (QED) is 0.178. The van der Waals surface area contributed by atoms with Crippen molar-refractivity contribution in [2.75, 3.05) is 75.6 Å². The number of nitrogens with one attached hydrogen (secondary N) is 1. The number of hydrogen-bond donors (Lipinski definition) is 4. The molecule has 31 heavy (non-hydrogen) atoms. The van der Waals surface area contributed by atoms with Crippen LogP contribution in [-0.4, -0.2) is 95.2 Å². The van der Waals surface area contributed by atoms with E-state index >= 15 is 0 Å². The minimum Gasteiger partial charge on any atom is -0.489 e. The van der Waals surface area contributed by atoms with Crippen LogP contribution in [0.15, 0.2) is 18.2 Å². The minimum atomic E-state index is -4.45. The Kier molecular flexibility index (Phi) is 13.4. The molecule has 0 fully saturated rings. The molecule has 0 saturated carbocycles. The molecule has 0 radical (unpaired) electrons. The molecule has 0 aliphatic rings. The van der Waals surface area contributed by atoms with E-state index in [-0.39, 0.29) is 37.4 Å². The Morgan fingerprint density at radius 3 is 2.10 bits per heavy atom. The first kappa shape index (κ1) is 27.4. The van der Waals surface area contributed by atoms with Gasteiger partial charge in [-0.05, 0) is 26.0 Å². The monoisotopic (exact) mass is 466 g/mol. The van der Waals surface area contributed by atoms with Crippen molar-refractivity contribution in [3.05, 3.63) is 18.2 Å². The fourth-order valence-electron chi connectivity index (χ4n) is 2.55. The third-order valence-corrected chi connectivity index (χ3v) is 4.26. The van der Waals surface area contributed by atoms with Crippen molar-refractivity contribution in [3.8, 4) is 5.75 Å². The maximum absolute atomic E-state index is 11.2. The highest BCUT2D eigenvalue weighted by molar-refractivity contribution is 7.87. The molecule has 1 aromatic carbocycles. The highest BCUT2D eigenvalue weighted by Crippen LogP contribution is 2.31. The molecule has 1 rings (SSSR count). The van der Waals surface area contributed by atoms with Crippen LogP contribution in [0.1, 0.15) is 13.8 Å². The molecule has 0 atom stereocenters. The topological polar surface area (TPSA) is 147 Å². The molecular weight excluding hydrogens is 432 g/mol. The summed E-state index contributed by atoms with van der Waals surface area (Å²) >= 11 is 0. The number of hydrogen-bond acceptors (Lipinski definition) is 9. The summed E-state index contributed by atoms with van der Waals surface area (Å²) in [5, 5.41) is 18.0. The minimum absolute atomic E-state index is 0.0156. The van der Waals surface area contributed by atoms with Gasteiger partial charge in [-0.15, -0.1) is 0 Å². The molecule has 0 saturated heterocycles. The van der Waals surface area contributed by atoms with Crippen LogP contribution in [0.4, 0.5) is 11.4 Å². The largest absolute Gasteiger partial charge is 0.489 e. The first-order chi connectivity index (χ1) is 14.8. The van der Waals surface area contributed by atoms with Gasteiger partial charge in [-0.3, -0.25) is 9.27 Å². The molecular formula is C19H34N2O9S. The zero-order valence-electron chi connectivity index (χ0n) is 18.0. The second kappa shape index (κ2) is 15.2. The molecule has 0 spiro atoms. The number of nitrogens with zero attached hydrogens (tertiary/aromatic N) is 1.